The molecule has 114 valence electrons. The van der Waals surface area contributed by atoms with E-state index in [1.807, 2.05) is 6.92 Å². The van der Waals surface area contributed by atoms with Crippen molar-refractivity contribution < 1.29 is 9.53 Å². The van der Waals surface area contributed by atoms with E-state index in [1.54, 1.807) is 7.11 Å². The van der Waals surface area contributed by atoms with Crippen molar-refractivity contribution in [3.8, 4) is 5.75 Å². The molecule has 0 aromatic carbocycles. The lowest BCUT2D eigenvalue weighted by Gasteiger charge is -2.15. The Morgan fingerprint density at radius 3 is 2.50 bits per heavy atom. The average molecular weight is 299 g/mol. The molecule has 0 fully saturated rings. The lowest BCUT2D eigenvalue weighted by molar-refractivity contribution is 0.0958. The van der Waals surface area contributed by atoms with Gasteiger partial charge in [0, 0.05) is 12.6 Å². The maximum atomic E-state index is 12.1. The fourth-order valence-electron chi connectivity index (χ4n) is 1.89. The molecule has 0 saturated carbocycles. The van der Waals surface area contributed by atoms with Gasteiger partial charge in [0.15, 0.2) is 5.75 Å². The molecule has 0 aliphatic rings. The standard InChI is InChI=1S/C14H25N3O2S/c1-5-8-16-13(18)12-10(15)11(19-4)14(20-12)17-9(6-2)7-3/h9,17H,5-8,15H2,1-4H3,(H,16,18). The first-order chi connectivity index (χ1) is 9.58. The van der Waals surface area contributed by atoms with Gasteiger partial charge in [-0.2, -0.15) is 0 Å². The normalized spacial score (nSPS) is 10.7. The highest BCUT2D eigenvalue weighted by molar-refractivity contribution is 7.19. The number of carbonyl (C=O) groups is 1. The van der Waals surface area contributed by atoms with E-state index in [0.717, 1.165) is 24.3 Å². The SMILES string of the molecule is CCCNC(=O)c1sc(NC(CC)CC)c(OC)c1N. The van der Waals surface area contributed by atoms with Crippen molar-refractivity contribution in [3.63, 3.8) is 0 Å². The summed E-state index contributed by atoms with van der Waals surface area (Å²) in [5.74, 6) is 0.439. The maximum Gasteiger partial charge on any atom is 0.263 e. The molecule has 1 aromatic heterocycles. The second-order valence-corrected chi connectivity index (χ2v) is 5.64. The molecule has 6 heteroatoms. The van der Waals surface area contributed by atoms with Gasteiger partial charge in [0.05, 0.1) is 7.11 Å². The predicted octanol–water partition coefficient (Wildman–Crippen LogP) is 3.08. The van der Waals surface area contributed by atoms with Crippen molar-refractivity contribution in [2.75, 3.05) is 24.7 Å². The van der Waals surface area contributed by atoms with Gasteiger partial charge in [0.2, 0.25) is 0 Å². The van der Waals surface area contributed by atoms with Crippen LogP contribution in [0.5, 0.6) is 5.75 Å². The Morgan fingerprint density at radius 2 is 2.00 bits per heavy atom. The molecule has 1 amide bonds. The summed E-state index contributed by atoms with van der Waals surface area (Å²) >= 11 is 1.36. The van der Waals surface area contributed by atoms with Crippen LogP contribution in [-0.2, 0) is 0 Å². The lowest BCUT2D eigenvalue weighted by Crippen LogP contribution is -2.23. The minimum atomic E-state index is -0.134. The number of nitrogens with one attached hydrogen (secondary N) is 2. The van der Waals surface area contributed by atoms with Crippen molar-refractivity contribution in [1.82, 2.24) is 5.32 Å². The van der Waals surface area contributed by atoms with Gasteiger partial charge >= 0.3 is 0 Å². The number of thiophene rings is 1. The summed E-state index contributed by atoms with van der Waals surface area (Å²) in [5, 5.41) is 7.08. The molecule has 5 nitrogen and oxygen atoms in total. The molecule has 1 rings (SSSR count). The van der Waals surface area contributed by atoms with Crippen LogP contribution in [0, 0.1) is 0 Å². The summed E-state index contributed by atoms with van der Waals surface area (Å²) in [6, 6.07) is 0.355. The number of anilines is 2. The molecule has 0 spiro atoms. The Labute approximate surface area is 124 Å². The zero-order valence-electron chi connectivity index (χ0n) is 12.7. The van der Waals surface area contributed by atoms with Crippen molar-refractivity contribution in [2.24, 2.45) is 0 Å². The molecule has 0 saturated heterocycles. The number of rotatable bonds is 8. The molecule has 0 bridgehead atoms. The van der Waals surface area contributed by atoms with Crippen molar-refractivity contribution in [3.05, 3.63) is 4.88 Å². The zero-order valence-corrected chi connectivity index (χ0v) is 13.5. The highest BCUT2D eigenvalue weighted by Gasteiger charge is 2.22. The fourth-order valence-corrected chi connectivity index (χ4v) is 2.98. The summed E-state index contributed by atoms with van der Waals surface area (Å²) < 4.78 is 5.34. The van der Waals surface area contributed by atoms with E-state index < -0.39 is 0 Å². The minimum Gasteiger partial charge on any atom is -0.492 e. The van der Waals surface area contributed by atoms with Crippen LogP contribution in [0.1, 0.15) is 49.7 Å². The van der Waals surface area contributed by atoms with Crippen LogP contribution >= 0.6 is 11.3 Å². The summed E-state index contributed by atoms with van der Waals surface area (Å²) in [6.45, 7) is 6.91. The van der Waals surface area contributed by atoms with Crippen LogP contribution < -0.4 is 21.1 Å². The largest absolute Gasteiger partial charge is 0.492 e. The minimum absolute atomic E-state index is 0.134. The number of carbonyl (C=O) groups excluding carboxylic acids is 1. The Morgan fingerprint density at radius 1 is 1.35 bits per heavy atom. The van der Waals surface area contributed by atoms with E-state index in [-0.39, 0.29) is 5.91 Å². The van der Waals surface area contributed by atoms with E-state index in [4.69, 9.17) is 10.5 Å². The molecule has 0 atom stereocenters. The molecule has 1 heterocycles. The summed E-state index contributed by atoms with van der Waals surface area (Å²) in [4.78, 5) is 12.6. The average Bonchev–Trinajstić information content (AvgIpc) is 2.77. The fraction of sp³-hybridized carbons (Fsp3) is 0.643. The molecule has 0 unspecified atom stereocenters. The molecule has 1 aromatic rings. The molecule has 0 aliphatic carbocycles. The van der Waals surface area contributed by atoms with Crippen molar-refractivity contribution in [2.45, 2.75) is 46.1 Å². The zero-order chi connectivity index (χ0) is 15.1. The number of nitrogens with two attached hydrogens (primary N) is 1. The van der Waals surface area contributed by atoms with Gasteiger partial charge in [-0.1, -0.05) is 20.8 Å². The monoisotopic (exact) mass is 299 g/mol. The highest BCUT2D eigenvalue weighted by atomic mass is 32.1. The van der Waals surface area contributed by atoms with Gasteiger partial charge < -0.3 is 21.1 Å². The summed E-state index contributed by atoms with van der Waals surface area (Å²) in [6.07, 6.45) is 2.91. The van der Waals surface area contributed by atoms with Crippen molar-refractivity contribution >= 4 is 27.9 Å². The molecule has 0 radical (unpaired) electrons. The molecular weight excluding hydrogens is 274 g/mol. The highest BCUT2D eigenvalue weighted by Crippen LogP contribution is 2.42. The van der Waals surface area contributed by atoms with Gasteiger partial charge in [0.25, 0.3) is 5.91 Å². The number of amides is 1. The van der Waals surface area contributed by atoms with Crippen molar-refractivity contribution in [1.29, 1.82) is 0 Å². The number of nitrogen functional groups attached to an aromatic ring is 1. The number of hydrogen-bond acceptors (Lipinski definition) is 5. The Kier molecular flexibility index (Phi) is 6.64. The Bertz CT molecular complexity index is 442. The Balaban J connectivity index is 2.98. The predicted molar refractivity (Wildman–Crippen MR) is 85.9 cm³/mol. The van der Waals surface area contributed by atoms with Crippen LogP contribution in [0.15, 0.2) is 0 Å². The smallest absolute Gasteiger partial charge is 0.263 e. The van der Waals surface area contributed by atoms with Gasteiger partial charge in [0.1, 0.15) is 15.6 Å². The third kappa shape index (κ3) is 3.79. The van der Waals surface area contributed by atoms with E-state index in [0.29, 0.717) is 28.9 Å². The topological polar surface area (TPSA) is 76.4 Å². The first-order valence-electron chi connectivity index (χ1n) is 7.09. The van der Waals surface area contributed by atoms with Crippen LogP contribution in [0.25, 0.3) is 0 Å². The van der Waals surface area contributed by atoms with E-state index in [1.165, 1.54) is 11.3 Å². The first-order valence-corrected chi connectivity index (χ1v) is 7.91. The van der Waals surface area contributed by atoms with Crippen LogP contribution in [0.3, 0.4) is 0 Å². The molecule has 20 heavy (non-hydrogen) atoms. The summed E-state index contributed by atoms with van der Waals surface area (Å²) in [7, 11) is 1.57. The van der Waals surface area contributed by atoms with E-state index in [9.17, 15) is 4.79 Å². The second kappa shape index (κ2) is 7.99. The first kappa shape index (κ1) is 16.6. The van der Waals surface area contributed by atoms with E-state index >= 15 is 0 Å². The second-order valence-electron chi connectivity index (χ2n) is 4.62. The van der Waals surface area contributed by atoms with Gasteiger partial charge in [-0.3, -0.25) is 4.79 Å². The van der Waals surface area contributed by atoms with Crippen LogP contribution in [0.2, 0.25) is 0 Å². The maximum absolute atomic E-state index is 12.1. The van der Waals surface area contributed by atoms with E-state index in [2.05, 4.69) is 24.5 Å². The number of methoxy groups -OCH3 is 1. The van der Waals surface area contributed by atoms with Crippen LogP contribution in [-0.4, -0.2) is 25.6 Å². The molecule has 4 N–H and O–H groups in total. The number of ether oxygens (including phenoxy) is 1. The third-order valence-electron chi connectivity index (χ3n) is 3.17. The Hall–Kier alpha value is -1.43. The lowest BCUT2D eigenvalue weighted by atomic mass is 10.2. The van der Waals surface area contributed by atoms with Crippen LogP contribution in [0.4, 0.5) is 10.7 Å². The van der Waals surface area contributed by atoms with Gasteiger partial charge in [-0.05, 0) is 19.3 Å². The number of hydrogen-bond donors (Lipinski definition) is 3. The molecule has 0 aliphatic heterocycles. The molecular formula is C14H25N3O2S. The summed E-state index contributed by atoms with van der Waals surface area (Å²) in [5.41, 5.74) is 6.45. The third-order valence-corrected chi connectivity index (χ3v) is 4.28. The van der Waals surface area contributed by atoms with Gasteiger partial charge in [-0.25, -0.2) is 0 Å². The van der Waals surface area contributed by atoms with Gasteiger partial charge in [-0.15, -0.1) is 11.3 Å². The quantitative estimate of drug-likeness (QED) is 0.689.